The van der Waals surface area contributed by atoms with Crippen LogP contribution in [-0.2, 0) is 11.0 Å². The lowest BCUT2D eigenvalue weighted by Gasteiger charge is -2.31. The highest BCUT2D eigenvalue weighted by atomic mass is 32.2. The number of benzene rings is 1. The molecule has 0 heterocycles. The molecule has 4 heteroatoms. The van der Waals surface area contributed by atoms with Crippen LogP contribution in [0.2, 0.25) is 0 Å². The lowest BCUT2D eigenvalue weighted by Crippen LogP contribution is -2.38. The number of rotatable bonds is 4. The molecule has 3 rings (SSSR count). The maximum atomic E-state index is 12.4. The highest BCUT2D eigenvalue weighted by molar-refractivity contribution is 7.83. The SMILES string of the molecule is Cc1ccc([S@](=O)N[C@H](C#N)[C@H]2CCCC3(CC3)C2)cc1. The first-order valence-corrected chi connectivity index (χ1v) is 8.91. The van der Waals surface area contributed by atoms with Gasteiger partial charge in [-0.15, -0.1) is 0 Å². The minimum Gasteiger partial charge on any atom is -0.237 e. The molecule has 3 nitrogen and oxygen atoms in total. The van der Waals surface area contributed by atoms with E-state index in [4.69, 9.17) is 0 Å². The molecule has 2 fully saturated rings. The summed E-state index contributed by atoms with van der Waals surface area (Å²) in [6.07, 6.45) is 7.39. The summed E-state index contributed by atoms with van der Waals surface area (Å²) in [4.78, 5) is 0.748. The van der Waals surface area contributed by atoms with Gasteiger partial charge in [0.2, 0.25) is 0 Å². The molecule has 1 aromatic carbocycles. The minimum absolute atomic E-state index is 0.301. The third kappa shape index (κ3) is 3.36. The molecule has 1 spiro atoms. The molecular weight excluding hydrogens is 280 g/mol. The summed E-state index contributed by atoms with van der Waals surface area (Å²) in [6, 6.07) is 9.70. The first-order chi connectivity index (χ1) is 10.1. The zero-order valence-corrected chi connectivity index (χ0v) is 13.3. The van der Waals surface area contributed by atoms with E-state index >= 15 is 0 Å². The molecule has 112 valence electrons. The maximum absolute atomic E-state index is 12.4. The summed E-state index contributed by atoms with van der Waals surface area (Å²) in [6.45, 7) is 2.01. The zero-order chi connectivity index (χ0) is 14.9. The van der Waals surface area contributed by atoms with E-state index in [0.29, 0.717) is 11.3 Å². The molecule has 0 saturated heterocycles. The zero-order valence-electron chi connectivity index (χ0n) is 12.5. The van der Waals surface area contributed by atoms with Crippen LogP contribution in [0.25, 0.3) is 0 Å². The van der Waals surface area contributed by atoms with Crippen LogP contribution in [0.5, 0.6) is 0 Å². The Morgan fingerprint density at radius 2 is 2.05 bits per heavy atom. The molecule has 2 saturated carbocycles. The molecule has 0 aromatic heterocycles. The number of hydrogen-bond acceptors (Lipinski definition) is 2. The van der Waals surface area contributed by atoms with Crippen molar-refractivity contribution in [3.05, 3.63) is 29.8 Å². The predicted molar refractivity (Wildman–Crippen MR) is 83.7 cm³/mol. The van der Waals surface area contributed by atoms with Crippen LogP contribution in [0.3, 0.4) is 0 Å². The average Bonchev–Trinajstić information content (AvgIpc) is 3.24. The normalized spacial score (nSPS) is 26.0. The second-order valence-corrected chi connectivity index (χ2v) is 7.91. The second-order valence-electron chi connectivity index (χ2n) is 6.66. The van der Waals surface area contributed by atoms with Gasteiger partial charge in [-0.25, -0.2) is 8.93 Å². The molecule has 1 N–H and O–H groups in total. The van der Waals surface area contributed by atoms with Gasteiger partial charge < -0.3 is 0 Å². The number of nitriles is 1. The third-order valence-electron chi connectivity index (χ3n) is 5.01. The van der Waals surface area contributed by atoms with Crippen LogP contribution in [0.1, 0.15) is 44.1 Å². The summed E-state index contributed by atoms with van der Waals surface area (Å²) in [7, 11) is -1.30. The summed E-state index contributed by atoms with van der Waals surface area (Å²) in [5.41, 5.74) is 1.68. The first-order valence-electron chi connectivity index (χ1n) is 7.76. The van der Waals surface area contributed by atoms with Crippen molar-refractivity contribution in [1.82, 2.24) is 4.72 Å². The minimum atomic E-state index is -1.30. The molecule has 0 aliphatic heterocycles. The molecule has 0 unspecified atom stereocenters. The van der Waals surface area contributed by atoms with Gasteiger partial charge in [-0.1, -0.05) is 24.1 Å². The Kier molecular flexibility index (Phi) is 4.14. The van der Waals surface area contributed by atoms with Crippen molar-refractivity contribution in [3.63, 3.8) is 0 Å². The van der Waals surface area contributed by atoms with Crippen LogP contribution in [0, 0.1) is 29.6 Å². The van der Waals surface area contributed by atoms with Gasteiger partial charge in [-0.2, -0.15) is 5.26 Å². The smallest absolute Gasteiger partial charge is 0.126 e. The highest BCUT2D eigenvalue weighted by Crippen LogP contribution is 2.58. The Labute approximate surface area is 129 Å². The van der Waals surface area contributed by atoms with Crippen molar-refractivity contribution in [1.29, 1.82) is 5.26 Å². The van der Waals surface area contributed by atoms with Gasteiger partial charge >= 0.3 is 0 Å². The van der Waals surface area contributed by atoms with Crippen LogP contribution in [0.4, 0.5) is 0 Å². The van der Waals surface area contributed by atoms with Crippen molar-refractivity contribution in [3.8, 4) is 6.07 Å². The summed E-state index contributed by atoms with van der Waals surface area (Å²) < 4.78 is 15.4. The van der Waals surface area contributed by atoms with Crippen molar-refractivity contribution < 1.29 is 4.21 Å². The van der Waals surface area contributed by atoms with Crippen molar-refractivity contribution >= 4 is 11.0 Å². The Balaban J connectivity index is 1.65. The van der Waals surface area contributed by atoms with Gasteiger partial charge in [0.1, 0.15) is 17.0 Å². The molecule has 0 bridgehead atoms. The van der Waals surface area contributed by atoms with E-state index in [1.165, 1.54) is 25.7 Å². The molecule has 0 radical (unpaired) electrons. The van der Waals surface area contributed by atoms with Gasteiger partial charge in [-0.05, 0) is 62.5 Å². The van der Waals surface area contributed by atoms with Crippen molar-refractivity contribution in [2.45, 2.75) is 56.4 Å². The van der Waals surface area contributed by atoms with Gasteiger partial charge in [0.05, 0.1) is 11.0 Å². The van der Waals surface area contributed by atoms with E-state index in [1.54, 1.807) is 0 Å². The fourth-order valence-electron chi connectivity index (χ4n) is 3.49. The molecule has 2 aliphatic carbocycles. The number of hydrogen-bond donors (Lipinski definition) is 1. The van der Waals surface area contributed by atoms with Crippen molar-refractivity contribution in [2.75, 3.05) is 0 Å². The van der Waals surface area contributed by atoms with Crippen LogP contribution < -0.4 is 4.72 Å². The molecule has 2 aliphatic rings. The van der Waals surface area contributed by atoms with E-state index in [0.717, 1.165) is 23.3 Å². The van der Waals surface area contributed by atoms with Gasteiger partial charge in [0.25, 0.3) is 0 Å². The standard InChI is InChI=1S/C17H22N2OS/c1-13-4-6-15(7-5-13)21(20)19-16(12-18)14-3-2-8-17(11-14)9-10-17/h4-7,14,16,19H,2-3,8-11H2,1H3/t14-,16+,21-/m0/s1. The topological polar surface area (TPSA) is 52.9 Å². The van der Waals surface area contributed by atoms with Gasteiger partial charge in [0, 0.05) is 0 Å². The predicted octanol–water partition coefficient (Wildman–Crippen LogP) is 3.47. The molecule has 1 aromatic rings. The lowest BCUT2D eigenvalue weighted by molar-refractivity contribution is 0.230. The molecule has 21 heavy (non-hydrogen) atoms. The summed E-state index contributed by atoms with van der Waals surface area (Å²) in [5, 5.41) is 9.46. The number of aryl methyl sites for hydroxylation is 1. The van der Waals surface area contributed by atoms with E-state index in [2.05, 4.69) is 10.8 Å². The van der Waals surface area contributed by atoms with Crippen LogP contribution >= 0.6 is 0 Å². The summed E-state index contributed by atoms with van der Waals surface area (Å²) >= 11 is 0. The van der Waals surface area contributed by atoms with Gasteiger partial charge in [-0.3, -0.25) is 0 Å². The third-order valence-corrected chi connectivity index (χ3v) is 6.18. The Morgan fingerprint density at radius 1 is 1.33 bits per heavy atom. The van der Waals surface area contributed by atoms with E-state index in [9.17, 15) is 9.47 Å². The first kappa shape index (κ1) is 14.7. The number of nitrogens with one attached hydrogen (secondary N) is 1. The van der Waals surface area contributed by atoms with E-state index in [1.807, 2.05) is 31.2 Å². The highest BCUT2D eigenvalue weighted by Gasteiger charge is 2.47. The molecular formula is C17H22N2OS. The van der Waals surface area contributed by atoms with Gasteiger partial charge in [0.15, 0.2) is 0 Å². The van der Waals surface area contributed by atoms with Crippen LogP contribution in [-0.4, -0.2) is 10.3 Å². The average molecular weight is 302 g/mol. The molecule has 3 atom stereocenters. The Morgan fingerprint density at radius 3 is 2.67 bits per heavy atom. The van der Waals surface area contributed by atoms with E-state index < -0.39 is 11.0 Å². The Bertz CT molecular complexity index is 571. The lowest BCUT2D eigenvalue weighted by atomic mass is 9.76. The van der Waals surface area contributed by atoms with E-state index in [-0.39, 0.29) is 6.04 Å². The maximum Gasteiger partial charge on any atom is 0.126 e. The van der Waals surface area contributed by atoms with Crippen LogP contribution in [0.15, 0.2) is 29.2 Å². The largest absolute Gasteiger partial charge is 0.237 e. The molecule has 0 amide bonds. The number of nitrogens with zero attached hydrogens (tertiary/aromatic N) is 1. The Hall–Kier alpha value is -1.18. The van der Waals surface area contributed by atoms with Crippen molar-refractivity contribution in [2.24, 2.45) is 11.3 Å². The summed E-state index contributed by atoms with van der Waals surface area (Å²) in [5.74, 6) is 0.348. The fraction of sp³-hybridized carbons (Fsp3) is 0.588. The quantitative estimate of drug-likeness (QED) is 0.926. The fourth-order valence-corrected chi connectivity index (χ4v) is 4.48. The second kappa shape index (κ2) is 5.90. The monoisotopic (exact) mass is 302 g/mol.